The zero-order chi connectivity index (χ0) is 21.1. The Balaban J connectivity index is 1.52. The maximum Gasteiger partial charge on any atom is 0.262 e. The van der Waals surface area contributed by atoms with Gasteiger partial charge in [0.15, 0.2) is 5.16 Å². The van der Waals surface area contributed by atoms with Crippen LogP contribution in [0.3, 0.4) is 0 Å². The average Bonchev–Trinajstić information content (AvgIpc) is 3.59. The number of rotatable bonds is 8. The van der Waals surface area contributed by atoms with Crippen LogP contribution in [-0.2, 0) is 11.3 Å². The van der Waals surface area contributed by atoms with Gasteiger partial charge in [0.05, 0.1) is 22.7 Å². The summed E-state index contributed by atoms with van der Waals surface area (Å²) in [4.78, 5) is 30.4. The maximum atomic E-state index is 13.0. The average molecular weight is 486 g/mol. The molecule has 0 saturated heterocycles. The Hall–Kier alpha value is -2.12. The van der Waals surface area contributed by atoms with Crippen molar-refractivity contribution in [1.82, 2.24) is 14.9 Å². The third-order valence-corrected chi connectivity index (χ3v) is 6.70. The molecule has 1 heterocycles. The molecule has 0 aliphatic heterocycles. The standard InChI is InChI=1S/C23H24BrN3O2S/c1-2-12-27-22(29)18-13-17(24)10-11-19(18)25-23(27)30-14-20(28)26-21(16-8-9-16)15-6-4-3-5-7-15/h3-7,10-11,13,16,21H,2,8-9,12,14H2,1H3,(H,26,28). The molecule has 4 rings (SSSR count). The fourth-order valence-corrected chi connectivity index (χ4v) is 4.81. The van der Waals surface area contributed by atoms with E-state index in [1.54, 1.807) is 10.6 Å². The second kappa shape index (κ2) is 9.35. The molecule has 1 aromatic heterocycles. The lowest BCUT2D eigenvalue weighted by Gasteiger charge is -2.19. The Labute approximate surface area is 188 Å². The predicted molar refractivity (Wildman–Crippen MR) is 125 cm³/mol. The van der Waals surface area contributed by atoms with E-state index in [0.717, 1.165) is 29.3 Å². The number of hydrogen-bond donors (Lipinski definition) is 1. The van der Waals surface area contributed by atoms with Gasteiger partial charge in [-0.25, -0.2) is 4.98 Å². The SMILES string of the molecule is CCCn1c(SCC(=O)NC(c2ccccc2)C2CC2)nc2ccc(Br)cc2c1=O. The van der Waals surface area contributed by atoms with E-state index < -0.39 is 0 Å². The summed E-state index contributed by atoms with van der Waals surface area (Å²) in [5, 5.41) is 4.37. The van der Waals surface area contributed by atoms with E-state index in [-0.39, 0.29) is 23.3 Å². The molecule has 0 radical (unpaired) electrons. The minimum absolute atomic E-state index is 0.0334. The van der Waals surface area contributed by atoms with Crippen molar-refractivity contribution in [3.8, 4) is 0 Å². The van der Waals surface area contributed by atoms with E-state index >= 15 is 0 Å². The number of hydrogen-bond acceptors (Lipinski definition) is 4. The second-order valence-electron chi connectivity index (χ2n) is 7.59. The van der Waals surface area contributed by atoms with Crippen LogP contribution in [0.4, 0.5) is 0 Å². The van der Waals surface area contributed by atoms with E-state index in [1.165, 1.54) is 11.8 Å². The Morgan fingerprint density at radius 3 is 2.73 bits per heavy atom. The number of thioether (sulfide) groups is 1. The van der Waals surface area contributed by atoms with Gasteiger partial charge < -0.3 is 5.32 Å². The smallest absolute Gasteiger partial charge is 0.262 e. The van der Waals surface area contributed by atoms with Crippen molar-refractivity contribution >= 4 is 44.5 Å². The zero-order valence-electron chi connectivity index (χ0n) is 16.8. The Bertz CT molecular complexity index is 1110. The number of benzene rings is 2. The molecule has 0 bridgehead atoms. The van der Waals surface area contributed by atoms with Crippen LogP contribution in [0.1, 0.15) is 37.8 Å². The summed E-state index contributed by atoms with van der Waals surface area (Å²) in [6.45, 7) is 2.60. The summed E-state index contributed by atoms with van der Waals surface area (Å²) in [7, 11) is 0. The van der Waals surface area contributed by atoms with Crippen LogP contribution in [0.15, 0.2) is 63.0 Å². The summed E-state index contributed by atoms with van der Waals surface area (Å²) in [5.41, 5.74) is 1.74. The van der Waals surface area contributed by atoms with Gasteiger partial charge in [0.25, 0.3) is 5.56 Å². The molecule has 1 saturated carbocycles. The molecule has 0 spiro atoms. The first-order valence-corrected chi connectivity index (χ1v) is 12.0. The van der Waals surface area contributed by atoms with Gasteiger partial charge in [-0.15, -0.1) is 0 Å². The highest BCUT2D eigenvalue weighted by atomic mass is 79.9. The Kier molecular flexibility index (Phi) is 6.58. The van der Waals surface area contributed by atoms with Gasteiger partial charge in [0.1, 0.15) is 0 Å². The van der Waals surface area contributed by atoms with Crippen molar-refractivity contribution in [1.29, 1.82) is 0 Å². The molecule has 1 fully saturated rings. The number of halogens is 1. The predicted octanol–water partition coefficient (Wildman–Crippen LogP) is 4.93. The molecular formula is C23H24BrN3O2S. The minimum Gasteiger partial charge on any atom is -0.348 e. The summed E-state index contributed by atoms with van der Waals surface area (Å²) < 4.78 is 2.53. The van der Waals surface area contributed by atoms with Crippen molar-refractivity contribution in [2.45, 2.75) is 43.9 Å². The van der Waals surface area contributed by atoms with E-state index in [9.17, 15) is 9.59 Å². The highest BCUT2D eigenvalue weighted by Gasteiger charge is 2.33. The topological polar surface area (TPSA) is 64.0 Å². The monoisotopic (exact) mass is 485 g/mol. The van der Waals surface area contributed by atoms with Gasteiger partial charge in [-0.1, -0.05) is 64.9 Å². The quantitative estimate of drug-likeness (QED) is 0.362. The van der Waals surface area contributed by atoms with Crippen molar-refractivity contribution in [3.63, 3.8) is 0 Å². The highest BCUT2D eigenvalue weighted by molar-refractivity contribution is 9.10. The normalized spacial score (nSPS) is 14.6. The molecule has 1 N–H and O–H groups in total. The lowest BCUT2D eigenvalue weighted by Crippen LogP contribution is -2.31. The number of aromatic nitrogens is 2. The van der Waals surface area contributed by atoms with Crippen LogP contribution >= 0.6 is 27.7 Å². The van der Waals surface area contributed by atoms with Gasteiger partial charge in [-0.3, -0.25) is 14.2 Å². The van der Waals surface area contributed by atoms with Crippen LogP contribution in [0.5, 0.6) is 0 Å². The number of amides is 1. The fourth-order valence-electron chi connectivity index (χ4n) is 3.61. The zero-order valence-corrected chi connectivity index (χ0v) is 19.2. The van der Waals surface area contributed by atoms with Gasteiger partial charge in [-0.05, 0) is 48.9 Å². The summed E-state index contributed by atoms with van der Waals surface area (Å²) in [5.74, 6) is 0.708. The minimum atomic E-state index is -0.0637. The third-order valence-electron chi connectivity index (χ3n) is 5.23. The molecule has 5 nitrogen and oxygen atoms in total. The summed E-state index contributed by atoms with van der Waals surface area (Å²) in [6.07, 6.45) is 3.11. The fraction of sp³-hybridized carbons (Fsp3) is 0.348. The first kappa shape index (κ1) is 21.1. The third kappa shape index (κ3) is 4.78. The first-order valence-electron chi connectivity index (χ1n) is 10.2. The van der Waals surface area contributed by atoms with Crippen LogP contribution in [0, 0.1) is 5.92 Å². The van der Waals surface area contributed by atoms with Crippen LogP contribution in [-0.4, -0.2) is 21.2 Å². The molecular weight excluding hydrogens is 462 g/mol. The number of nitrogens with zero attached hydrogens (tertiary/aromatic N) is 2. The largest absolute Gasteiger partial charge is 0.348 e. The van der Waals surface area contributed by atoms with E-state index in [0.29, 0.717) is 28.5 Å². The second-order valence-corrected chi connectivity index (χ2v) is 9.45. The summed E-state index contributed by atoms with van der Waals surface area (Å²) in [6, 6.07) is 15.7. The molecule has 1 aliphatic carbocycles. The summed E-state index contributed by atoms with van der Waals surface area (Å²) >= 11 is 4.75. The maximum absolute atomic E-state index is 13.0. The van der Waals surface area contributed by atoms with Crippen LogP contribution in [0.2, 0.25) is 0 Å². The lowest BCUT2D eigenvalue weighted by molar-refractivity contribution is -0.119. The van der Waals surface area contributed by atoms with Gasteiger partial charge in [-0.2, -0.15) is 0 Å². The van der Waals surface area contributed by atoms with Crippen molar-refractivity contribution in [2.75, 3.05) is 5.75 Å². The molecule has 156 valence electrons. The molecule has 7 heteroatoms. The van der Waals surface area contributed by atoms with Crippen molar-refractivity contribution < 1.29 is 4.79 Å². The van der Waals surface area contributed by atoms with Crippen molar-refractivity contribution in [2.24, 2.45) is 5.92 Å². The lowest BCUT2D eigenvalue weighted by atomic mass is 10.0. The van der Waals surface area contributed by atoms with Gasteiger partial charge >= 0.3 is 0 Å². The van der Waals surface area contributed by atoms with Crippen LogP contribution in [0.25, 0.3) is 10.9 Å². The molecule has 1 aliphatic rings. The molecule has 1 unspecified atom stereocenters. The van der Waals surface area contributed by atoms with E-state index in [1.807, 2.05) is 37.3 Å². The molecule has 3 aromatic rings. The van der Waals surface area contributed by atoms with Crippen LogP contribution < -0.4 is 10.9 Å². The molecule has 2 aromatic carbocycles. The number of carbonyl (C=O) groups is 1. The number of carbonyl (C=O) groups excluding carboxylic acids is 1. The van der Waals surface area contributed by atoms with E-state index in [4.69, 9.17) is 0 Å². The van der Waals surface area contributed by atoms with Gasteiger partial charge in [0, 0.05) is 11.0 Å². The molecule has 1 amide bonds. The number of fused-ring (bicyclic) bond motifs is 1. The van der Waals surface area contributed by atoms with Gasteiger partial charge in [0.2, 0.25) is 5.91 Å². The first-order chi connectivity index (χ1) is 14.6. The molecule has 1 atom stereocenters. The Morgan fingerprint density at radius 2 is 2.03 bits per heavy atom. The Morgan fingerprint density at radius 1 is 1.27 bits per heavy atom. The van der Waals surface area contributed by atoms with Crippen molar-refractivity contribution in [3.05, 3.63) is 68.9 Å². The number of nitrogens with one attached hydrogen (secondary N) is 1. The molecule has 30 heavy (non-hydrogen) atoms. The van der Waals surface area contributed by atoms with E-state index in [2.05, 4.69) is 38.4 Å². The highest BCUT2D eigenvalue weighted by Crippen LogP contribution is 2.41.